The summed E-state index contributed by atoms with van der Waals surface area (Å²) < 4.78 is 0. The fourth-order valence-electron chi connectivity index (χ4n) is 3.02. The van der Waals surface area contributed by atoms with Crippen LogP contribution in [0.2, 0.25) is 0 Å². The van der Waals surface area contributed by atoms with Crippen LogP contribution in [0.15, 0.2) is 0 Å². The second-order valence-electron chi connectivity index (χ2n) is 5.56. The van der Waals surface area contributed by atoms with Crippen LogP contribution in [0.3, 0.4) is 0 Å². The summed E-state index contributed by atoms with van der Waals surface area (Å²) in [4.78, 5) is 2.61. The van der Waals surface area contributed by atoms with Gasteiger partial charge in [-0.15, -0.1) is 12.3 Å². The molecular formula is C14H24N2. The van der Waals surface area contributed by atoms with Gasteiger partial charge in [-0.3, -0.25) is 4.90 Å². The summed E-state index contributed by atoms with van der Waals surface area (Å²) in [6.07, 6.45) is 10.3. The van der Waals surface area contributed by atoms with Crippen molar-refractivity contribution in [3.63, 3.8) is 0 Å². The molecule has 0 bridgehead atoms. The topological polar surface area (TPSA) is 15.3 Å². The molecule has 1 heterocycles. The molecule has 2 atom stereocenters. The van der Waals surface area contributed by atoms with Gasteiger partial charge in [0.15, 0.2) is 0 Å². The van der Waals surface area contributed by atoms with Crippen molar-refractivity contribution in [1.29, 1.82) is 0 Å². The van der Waals surface area contributed by atoms with E-state index in [4.69, 9.17) is 6.42 Å². The van der Waals surface area contributed by atoms with Crippen molar-refractivity contribution in [1.82, 2.24) is 10.2 Å². The van der Waals surface area contributed by atoms with Gasteiger partial charge in [0.05, 0.1) is 0 Å². The Bertz CT molecular complexity index is 277. The Hall–Kier alpha value is -0.520. The molecule has 1 aliphatic heterocycles. The number of piperazine rings is 1. The third-order valence-electron chi connectivity index (χ3n) is 4.28. The van der Waals surface area contributed by atoms with Gasteiger partial charge in [0.25, 0.3) is 0 Å². The second-order valence-corrected chi connectivity index (χ2v) is 5.56. The summed E-state index contributed by atoms with van der Waals surface area (Å²) in [5.74, 6) is 3.73. The smallest absolute Gasteiger partial charge is 0.0309 e. The van der Waals surface area contributed by atoms with Gasteiger partial charge < -0.3 is 5.32 Å². The zero-order valence-corrected chi connectivity index (χ0v) is 10.6. The highest BCUT2D eigenvalue weighted by Gasteiger charge is 2.44. The van der Waals surface area contributed by atoms with Gasteiger partial charge in [-0.1, -0.05) is 6.92 Å². The van der Waals surface area contributed by atoms with Gasteiger partial charge in [-0.2, -0.15) is 0 Å². The summed E-state index contributed by atoms with van der Waals surface area (Å²) in [6, 6.07) is 0.588. The van der Waals surface area contributed by atoms with Crippen LogP contribution in [-0.4, -0.2) is 36.1 Å². The molecule has 90 valence electrons. The van der Waals surface area contributed by atoms with E-state index in [2.05, 4.69) is 30.0 Å². The van der Waals surface area contributed by atoms with Gasteiger partial charge in [0.2, 0.25) is 0 Å². The monoisotopic (exact) mass is 220 g/mol. The number of nitrogens with zero attached hydrogens (tertiary/aromatic N) is 1. The van der Waals surface area contributed by atoms with Crippen molar-refractivity contribution in [2.45, 2.75) is 51.1 Å². The fourth-order valence-corrected chi connectivity index (χ4v) is 3.02. The molecule has 0 amide bonds. The molecule has 2 nitrogen and oxygen atoms in total. The Labute approximate surface area is 99.8 Å². The van der Waals surface area contributed by atoms with Gasteiger partial charge in [-0.25, -0.2) is 0 Å². The summed E-state index contributed by atoms with van der Waals surface area (Å²) in [5, 5.41) is 3.72. The number of nitrogens with one attached hydrogen (secondary N) is 1. The summed E-state index contributed by atoms with van der Waals surface area (Å²) in [5.41, 5.74) is 0.347. The van der Waals surface area contributed by atoms with E-state index >= 15 is 0 Å². The van der Waals surface area contributed by atoms with Crippen molar-refractivity contribution >= 4 is 0 Å². The summed E-state index contributed by atoms with van der Waals surface area (Å²) >= 11 is 0. The van der Waals surface area contributed by atoms with E-state index in [9.17, 15) is 0 Å². The minimum Gasteiger partial charge on any atom is -0.309 e. The molecule has 1 N–H and O–H groups in total. The Morgan fingerprint density at radius 2 is 2.31 bits per heavy atom. The quantitative estimate of drug-likeness (QED) is 0.728. The van der Waals surface area contributed by atoms with E-state index in [0.29, 0.717) is 11.6 Å². The van der Waals surface area contributed by atoms with Gasteiger partial charge in [0.1, 0.15) is 0 Å². The maximum atomic E-state index is 5.46. The van der Waals surface area contributed by atoms with Gasteiger partial charge >= 0.3 is 0 Å². The van der Waals surface area contributed by atoms with E-state index in [0.717, 1.165) is 25.4 Å². The molecule has 2 heteroatoms. The van der Waals surface area contributed by atoms with Crippen LogP contribution >= 0.6 is 0 Å². The molecule has 2 rings (SSSR count). The van der Waals surface area contributed by atoms with Crippen molar-refractivity contribution in [2.75, 3.05) is 19.6 Å². The highest BCUT2D eigenvalue weighted by atomic mass is 15.2. The van der Waals surface area contributed by atoms with E-state index < -0.39 is 0 Å². The lowest BCUT2D eigenvalue weighted by atomic mass is 9.91. The maximum absolute atomic E-state index is 5.46. The molecule has 0 aromatic carbocycles. The molecule has 2 aliphatic rings. The Morgan fingerprint density at radius 1 is 1.56 bits per heavy atom. The molecule has 1 saturated heterocycles. The predicted molar refractivity (Wildman–Crippen MR) is 68.2 cm³/mol. The largest absolute Gasteiger partial charge is 0.309 e. The molecule has 0 aromatic heterocycles. The van der Waals surface area contributed by atoms with Crippen LogP contribution in [0.25, 0.3) is 0 Å². The van der Waals surface area contributed by atoms with Crippen LogP contribution < -0.4 is 5.32 Å². The minimum absolute atomic E-state index is 0.347. The number of hydrogen-bond donors (Lipinski definition) is 1. The van der Waals surface area contributed by atoms with E-state index in [-0.39, 0.29) is 0 Å². The van der Waals surface area contributed by atoms with Crippen molar-refractivity contribution in [3.8, 4) is 12.3 Å². The average Bonchev–Trinajstić information content (AvgIpc) is 3.10. The number of rotatable bonds is 4. The van der Waals surface area contributed by atoms with Gasteiger partial charge in [-0.05, 0) is 32.1 Å². The number of hydrogen-bond acceptors (Lipinski definition) is 2. The summed E-state index contributed by atoms with van der Waals surface area (Å²) in [6.45, 7) is 8.09. The zero-order chi connectivity index (χ0) is 11.6. The first-order valence-corrected chi connectivity index (χ1v) is 6.62. The molecule has 2 unspecified atom stereocenters. The van der Waals surface area contributed by atoms with Crippen molar-refractivity contribution < 1.29 is 0 Å². The van der Waals surface area contributed by atoms with Crippen LogP contribution in [0.1, 0.15) is 39.5 Å². The first kappa shape index (κ1) is 12.0. The minimum atomic E-state index is 0.347. The highest BCUT2D eigenvalue weighted by Crippen LogP contribution is 2.41. The molecule has 0 radical (unpaired) electrons. The normalized spacial score (nSPS) is 33.3. The first-order valence-electron chi connectivity index (χ1n) is 6.62. The standard InChI is InChI=1S/C14H24N2/c1-4-6-13(5-2)16-10-9-15-14(3,11-16)12-7-8-12/h1,12-13,15H,5-11H2,2-3H3. The van der Waals surface area contributed by atoms with Crippen LogP contribution in [0.4, 0.5) is 0 Å². The van der Waals surface area contributed by atoms with Crippen molar-refractivity contribution in [3.05, 3.63) is 0 Å². The summed E-state index contributed by atoms with van der Waals surface area (Å²) in [7, 11) is 0. The molecule has 1 aliphatic carbocycles. The van der Waals surface area contributed by atoms with E-state index in [1.165, 1.54) is 25.8 Å². The van der Waals surface area contributed by atoms with Crippen molar-refractivity contribution in [2.24, 2.45) is 5.92 Å². The lowest BCUT2D eigenvalue weighted by Gasteiger charge is -2.44. The van der Waals surface area contributed by atoms with E-state index in [1.807, 2.05) is 0 Å². The number of terminal acetylenes is 1. The van der Waals surface area contributed by atoms with Crippen LogP contribution in [0, 0.1) is 18.3 Å². The molecule has 1 saturated carbocycles. The van der Waals surface area contributed by atoms with Gasteiger partial charge in [0, 0.05) is 37.6 Å². The maximum Gasteiger partial charge on any atom is 0.0309 e. The molecule has 16 heavy (non-hydrogen) atoms. The highest BCUT2D eigenvalue weighted by molar-refractivity contribution is 5.03. The SMILES string of the molecule is C#CCC(CC)N1CCNC(C)(C2CC2)C1. The Balaban J connectivity index is 1.97. The zero-order valence-electron chi connectivity index (χ0n) is 10.6. The molecule has 0 aromatic rings. The third kappa shape index (κ3) is 2.42. The molecule has 2 fully saturated rings. The first-order chi connectivity index (χ1) is 7.69. The Kier molecular flexibility index (Phi) is 3.56. The third-order valence-corrected chi connectivity index (χ3v) is 4.28. The van der Waals surface area contributed by atoms with E-state index in [1.54, 1.807) is 0 Å². The van der Waals surface area contributed by atoms with Crippen LogP contribution in [0.5, 0.6) is 0 Å². The second kappa shape index (κ2) is 4.77. The Morgan fingerprint density at radius 3 is 2.88 bits per heavy atom. The molecular weight excluding hydrogens is 196 g/mol. The average molecular weight is 220 g/mol. The lowest BCUT2D eigenvalue weighted by Crippen LogP contribution is -2.61. The predicted octanol–water partition coefficient (Wildman–Crippen LogP) is 1.86. The van der Waals surface area contributed by atoms with Crippen LogP contribution in [-0.2, 0) is 0 Å². The molecule has 0 spiro atoms. The fraction of sp³-hybridized carbons (Fsp3) is 0.857. The lowest BCUT2D eigenvalue weighted by molar-refractivity contribution is 0.0877.